The molecule has 0 fully saturated rings. The van der Waals surface area contributed by atoms with E-state index in [2.05, 4.69) is 0 Å². The maximum absolute atomic E-state index is 11.0. The lowest BCUT2D eigenvalue weighted by atomic mass is 10.2. The van der Waals surface area contributed by atoms with Gasteiger partial charge in [0.15, 0.2) is 0 Å². The van der Waals surface area contributed by atoms with E-state index in [0.29, 0.717) is 0 Å². The van der Waals surface area contributed by atoms with Crippen LogP contribution in [0.5, 0.6) is 0 Å². The highest BCUT2D eigenvalue weighted by molar-refractivity contribution is 7.60. The van der Waals surface area contributed by atoms with Gasteiger partial charge in [-0.1, -0.05) is 53.0 Å². The molecule has 1 aromatic rings. The fraction of sp³-hybridized carbons (Fsp3) is 0.143. The molecule has 0 aliphatic rings. The van der Waals surface area contributed by atoms with Crippen LogP contribution in [-0.4, -0.2) is 9.79 Å². The van der Waals surface area contributed by atoms with Crippen LogP contribution in [0.1, 0.15) is 5.56 Å². The Bertz CT molecular complexity index is 382. The van der Waals surface area contributed by atoms with Gasteiger partial charge >= 0.3 is 7.60 Å². The quantitative estimate of drug-likeness (QED) is 0.611. The number of benzene rings is 1. The van der Waals surface area contributed by atoms with Crippen molar-refractivity contribution < 1.29 is 14.4 Å². The second kappa shape index (κ2) is 4.01. The molecule has 0 saturated heterocycles. The SMILES string of the molecule is O=P(O)(O)c1ccccc1C(Cl)(Cl)Cl. The zero-order chi connectivity index (χ0) is 11.0. The standard InChI is InChI=1S/C7H6Cl3O3P/c8-7(9,10)5-3-1-2-4-6(5)14(11,12)13/h1-4H,(H2,11,12,13). The monoisotopic (exact) mass is 274 g/mol. The van der Waals surface area contributed by atoms with Gasteiger partial charge in [-0.15, -0.1) is 0 Å². The Morgan fingerprint density at radius 1 is 1.14 bits per heavy atom. The van der Waals surface area contributed by atoms with Gasteiger partial charge in [-0.05, 0) is 6.07 Å². The molecular weight excluding hydrogens is 269 g/mol. The van der Waals surface area contributed by atoms with Crippen LogP contribution < -0.4 is 5.30 Å². The predicted octanol–water partition coefficient (Wildman–Crippen LogP) is 2.32. The third-order valence-electron chi connectivity index (χ3n) is 1.52. The first-order valence-corrected chi connectivity index (χ1v) is 6.20. The molecule has 0 heterocycles. The van der Waals surface area contributed by atoms with E-state index in [0.717, 1.165) is 0 Å². The molecule has 78 valence electrons. The fourth-order valence-electron chi connectivity index (χ4n) is 0.967. The predicted molar refractivity (Wildman–Crippen MR) is 57.4 cm³/mol. The largest absolute Gasteiger partial charge is 0.356 e. The van der Waals surface area contributed by atoms with E-state index in [1.54, 1.807) is 0 Å². The minimum Gasteiger partial charge on any atom is -0.321 e. The Hall–Kier alpha value is 0.240. The molecule has 14 heavy (non-hydrogen) atoms. The topological polar surface area (TPSA) is 57.5 Å². The summed E-state index contributed by atoms with van der Waals surface area (Å²) in [7, 11) is -4.41. The summed E-state index contributed by atoms with van der Waals surface area (Å²) in [6.07, 6.45) is 0. The summed E-state index contributed by atoms with van der Waals surface area (Å²) in [5.74, 6) is 0. The molecule has 0 bridgehead atoms. The lowest BCUT2D eigenvalue weighted by Gasteiger charge is -2.16. The summed E-state index contributed by atoms with van der Waals surface area (Å²) in [6, 6.07) is 5.60. The van der Waals surface area contributed by atoms with Crippen molar-refractivity contribution in [3.05, 3.63) is 29.8 Å². The third-order valence-corrected chi connectivity index (χ3v) is 3.15. The highest BCUT2D eigenvalue weighted by Gasteiger charge is 2.32. The molecule has 0 atom stereocenters. The van der Waals surface area contributed by atoms with Gasteiger partial charge in [-0.25, -0.2) is 0 Å². The van der Waals surface area contributed by atoms with Crippen molar-refractivity contribution >= 4 is 47.7 Å². The first-order valence-electron chi connectivity index (χ1n) is 3.45. The van der Waals surface area contributed by atoms with Crippen molar-refractivity contribution in [1.82, 2.24) is 0 Å². The van der Waals surface area contributed by atoms with Crippen LogP contribution in [0.15, 0.2) is 24.3 Å². The van der Waals surface area contributed by atoms with Crippen molar-refractivity contribution in [3.63, 3.8) is 0 Å². The van der Waals surface area contributed by atoms with Crippen LogP contribution in [0.3, 0.4) is 0 Å². The molecule has 3 nitrogen and oxygen atoms in total. The molecule has 0 saturated carbocycles. The maximum Gasteiger partial charge on any atom is 0.356 e. The minimum absolute atomic E-state index is 0.00154. The van der Waals surface area contributed by atoms with E-state index in [1.807, 2.05) is 0 Å². The summed E-state index contributed by atoms with van der Waals surface area (Å²) in [5, 5.41) is -0.264. The van der Waals surface area contributed by atoms with Crippen molar-refractivity contribution in [2.24, 2.45) is 0 Å². The van der Waals surface area contributed by atoms with Crippen LogP contribution in [-0.2, 0) is 8.36 Å². The molecule has 0 amide bonds. The zero-order valence-electron chi connectivity index (χ0n) is 6.69. The number of rotatable bonds is 1. The Morgan fingerprint density at radius 2 is 1.64 bits per heavy atom. The van der Waals surface area contributed by atoms with Crippen molar-refractivity contribution in [2.75, 3.05) is 0 Å². The molecular formula is C7H6Cl3O3P. The Morgan fingerprint density at radius 3 is 2.00 bits per heavy atom. The molecule has 0 spiro atoms. The highest BCUT2D eigenvalue weighted by atomic mass is 35.6. The first kappa shape index (κ1) is 12.3. The third kappa shape index (κ3) is 2.86. The van der Waals surface area contributed by atoms with Crippen LogP contribution in [0.2, 0.25) is 0 Å². The summed E-state index contributed by atoms with van der Waals surface area (Å²) >= 11 is 16.7. The van der Waals surface area contributed by atoms with E-state index >= 15 is 0 Å². The number of hydrogen-bond donors (Lipinski definition) is 2. The van der Waals surface area contributed by atoms with Gasteiger partial charge in [-0.2, -0.15) is 0 Å². The second-order valence-electron chi connectivity index (χ2n) is 2.56. The van der Waals surface area contributed by atoms with Crippen LogP contribution in [0.25, 0.3) is 0 Å². The molecule has 0 aromatic heterocycles. The van der Waals surface area contributed by atoms with Crippen molar-refractivity contribution in [3.8, 4) is 0 Å². The van der Waals surface area contributed by atoms with Gasteiger partial charge in [-0.3, -0.25) is 4.57 Å². The number of alkyl halides is 3. The van der Waals surface area contributed by atoms with E-state index in [-0.39, 0.29) is 10.9 Å². The van der Waals surface area contributed by atoms with Gasteiger partial charge in [0.05, 0.1) is 5.30 Å². The average molecular weight is 275 g/mol. The molecule has 7 heteroatoms. The van der Waals surface area contributed by atoms with Gasteiger partial charge in [0, 0.05) is 5.56 Å². The smallest absolute Gasteiger partial charge is 0.321 e. The first-order chi connectivity index (χ1) is 6.23. The van der Waals surface area contributed by atoms with Crippen LogP contribution in [0.4, 0.5) is 0 Å². The Labute approximate surface area is 95.8 Å². The number of hydrogen-bond acceptors (Lipinski definition) is 1. The fourth-order valence-corrected chi connectivity index (χ4v) is 2.50. The lowest BCUT2D eigenvalue weighted by Crippen LogP contribution is -2.17. The molecule has 0 unspecified atom stereocenters. The van der Waals surface area contributed by atoms with Crippen LogP contribution >= 0.6 is 42.4 Å². The normalized spacial score (nSPS) is 12.9. The minimum atomic E-state index is -4.41. The summed E-state index contributed by atoms with van der Waals surface area (Å²) in [5.41, 5.74) is -0.00154. The van der Waals surface area contributed by atoms with E-state index in [4.69, 9.17) is 44.6 Å². The molecule has 0 aliphatic carbocycles. The molecule has 1 aromatic carbocycles. The maximum atomic E-state index is 11.0. The second-order valence-corrected chi connectivity index (χ2v) is 6.41. The van der Waals surface area contributed by atoms with Gasteiger partial charge in [0.1, 0.15) is 0 Å². The lowest BCUT2D eigenvalue weighted by molar-refractivity contribution is 0.387. The number of halogens is 3. The Balaban J connectivity index is 3.39. The zero-order valence-corrected chi connectivity index (χ0v) is 9.86. The molecule has 0 radical (unpaired) electrons. The van der Waals surface area contributed by atoms with Crippen molar-refractivity contribution in [1.29, 1.82) is 0 Å². The summed E-state index contributed by atoms with van der Waals surface area (Å²) < 4.78 is 9.18. The van der Waals surface area contributed by atoms with E-state index in [9.17, 15) is 4.57 Å². The van der Waals surface area contributed by atoms with E-state index < -0.39 is 11.4 Å². The summed E-state index contributed by atoms with van der Waals surface area (Å²) in [4.78, 5) is 17.9. The van der Waals surface area contributed by atoms with Crippen molar-refractivity contribution in [2.45, 2.75) is 3.79 Å². The van der Waals surface area contributed by atoms with Gasteiger partial charge < -0.3 is 9.79 Å². The van der Waals surface area contributed by atoms with Gasteiger partial charge in [0.25, 0.3) is 0 Å². The van der Waals surface area contributed by atoms with E-state index in [1.165, 1.54) is 24.3 Å². The molecule has 1 rings (SSSR count). The molecule has 0 aliphatic heterocycles. The van der Waals surface area contributed by atoms with Gasteiger partial charge in [0.2, 0.25) is 3.79 Å². The summed E-state index contributed by atoms with van der Waals surface area (Å²) in [6.45, 7) is 0. The Kier molecular flexibility index (Phi) is 3.53. The molecule has 2 N–H and O–H groups in total. The highest BCUT2D eigenvalue weighted by Crippen LogP contribution is 2.43. The average Bonchev–Trinajstić information content (AvgIpc) is 2.01. The van der Waals surface area contributed by atoms with Crippen LogP contribution in [0, 0.1) is 0 Å².